The summed E-state index contributed by atoms with van der Waals surface area (Å²) in [7, 11) is 0. The molecule has 2 rings (SSSR count). The predicted octanol–water partition coefficient (Wildman–Crippen LogP) is 1.39. The SMILES string of the molecule is CCOc1cc(-n2cncn2)c(N)cc1F. The summed E-state index contributed by atoms with van der Waals surface area (Å²) in [5.74, 6) is -0.328. The molecule has 0 aliphatic rings. The summed E-state index contributed by atoms with van der Waals surface area (Å²) in [5, 5.41) is 3.93. The van der Waals surface area contributed by atoms with E-state index in [1.807, 2.05) is 0 Å². The van der Waals surface area contributed by atoms with Crippen LogP contribution in [-0.2, 0) is 0 Å². The highest BCUT2D eigenvalue weighted by Gasteiger charge is 2.10. The van der Waals surface area contributed by atoms with Gasteiger partial charge in [0.25, 0.3) is 0 Å². The highest BCUT2D eigenvalue weighted by atomic mass is 19.1. The summed E-state index contributed by atoms with van der Waals surface area (Å²) in [4.78, 5) is 3.80. The van der Waals surface area contributed by atoms with Gasteiger partial charge >= 0.3 is 0 Å². The standard InChI is InChI=1S/C10H11FN4O/c1-2-16-10-4-9(8(12)3-7(10)11)15-6-13-5-14-15/h3-6H,2,12H2,1H3. The second-order valence-electron chi connectivity index (χ2n) is 3.11. The molecule has 0 atom stereocenters. The zero-order valence-corrected chi connectivity index (χ0v) is 8.72. The van der Waals surface area contributed by atoms with Crippen molar-refractivity contribution in [1.29, 1.82) is 0 Å². The van der Waals surface area contributed by atoms with Gasteiger partial charge < -0.3 is 10.5 Å². The second-order valence-corrected chi connectivity index (χ2v) is 3.11. The van der Waals surface area contributed by atoms with Crippen LogP contribution in [0.25, 0.3) is 5.69 Å². The molecular weight excluding hydrogens is 211 g/mol. The Morgan fingerprint density at radius 3 is 2.94 bits per heavy atom. The third-order valence-electron chi connectivity index (χ3n) is 2.05. The third-order valence-corrected chi connectivity index (χ3v) is 2.05. The normalized spacial score (nSPS) is 10.4. The third kappa shape index (κ3) is 1.81. The molecule has 0 fully saturated rings. The Labute approximate surface area is 91.7 Å². The summed E-state index contributed by atoms with van der Waals surface area (Å²) in [6.07, 6.45) is 2.86. The van der Waals surface area contributed by atoms with E-state index in [1.165, 1.54) is 29.5 Å². The number of nitrogens with zero attached hydrogens (tertiary/aromatic N) is 3. The first-order valence-electron chi connectivity index (χ1n) is 4.79. The number of benzene rings is 1. The summed E-state index contributed by atoms with van der Waals surface area (Å²) in [5.41, 5.74) is 6.52. The molecule has 0 unspecified atom stereocenters. The zero-order valence-electron chi connectivity index (χ0n) is 8.72. The average Bonchev–Trinajstić information content (AvgIpc) is 2.75. The van der Waals surface area contributed by atoms with Gasteiger partial charge in [-0.25, -0.2) is 14.1 Å². The quantitative estimate of drug-likeness (QED) is 0.797. The molecule has 2 aromatic rings. The number of nitrogen functional groups attached to an aromatic ring is 1. The molecule has 2 N–H and O–H groups in total. The van der Waals surface area contributed by atoms with Gasteiger partial charge in [0.05, 0.1) is 18.0 Å². The van der Waals surface area contributed by atoms with Crippen molar-refractivity contribution in [1.82, 2.24) is 14.8 Å². The molecule has 0 saturated heterocycles. The van der Waals surface area contributed by atoms with E-state index in [1.54, 1.807) is 6.92 Å². The number of ether oxygens (including phenoxy) is 1. The summed E-state index contributed by atoms with van der Waals surface area (Å²) >= 11 is 0. The van der Waals surface area contributed by atoms with Crippen LogP contribution in [0, 0.1) is 5.82 Å². The minimum atomic E-state index is -0.483. The van der Waals surface area contributed by atoms with E-state index >= 15 is 0 Å². The highest BCUT2D eigenvalue weighted by Crippen LogP contribution is 2.26. The maximum atomic E-state index is 13.4. The summed E-state index contributed by atoms with van der Waals surface area (Å²) in [6.45, 7) is 2.17. The summed E-state index contributed by atoms with van der Waals surface area (Å²) in [6, 6.07) is 2.71. The number of rotatable bonds is 3. The molecule has 0 radical (unpaired) electrons. The molecule has 0 aliphatic heterocycles. The van der Waals surface area contributed by atoms with Gasteiger partial charge in [-0.2, -0.15) is 5.10 Å². The number of aromatic nitrogens is 3. The van der Waals surface area contributed by atoms with E-state index in [0.29, 0.717) is 12.3 Å². The molecule has 0 amide bonds. The minimum Gasteiger partial charge on any atom is -0.491 e. The molecule has 1 heterocycles. The minimum absolute atomic E-state index is 0.155. The van der Waals surface area contributed by atoms with Crippen LogP contribution in [0.5, 0.6) is 5.75 Å². The van der Waals surface area contributed by atoms with Crippen LogP contribution in [-0.4, -0.2) is 21.4 Å². The van der Waals surface area contributed by atoms with Crippen molar-refractivity contribution < 1.29 is 9.13 Å². The molecule has 6 heteroatoms. The number of anilines is 1. The highest BCUT2D eigenvalue weighted by molar-refractivity contribution is 5.60. The van der Waals surface area contributed by atoms with Crippen molar-refractivity contribution in [2.75, 3.05) is 12.3 Å². The zero-order chi connectivity index (χ0) is 11.5. The Hall–Kier alpha value is -2.11. The van der Waals surface area contributed by atoms with Crippen LogP contribution in [0.3, 0.4) is 0 Å². The van der Waals surface area contributed by atoms with Crippen molar-refractivity contribution in [3.8, 4) is 11.4 Å². The van der Waals surface area contributed by atoms with E-state index in [4.69, 9.17) is 10.5 Å². The van der Waals surface area contributed by atoms with Gasteiger partial charge in [0.1, 0.15) is 12.7 Å². The topological polar surface area (TPSA) is 66.0 Å². The van der Waals surface area contributed by atoms with E-state index in [2.05, 4.69) is 10.1 Å². The van der Waals surface area contributed by atoms with Crippen LogP contribution in [0.15, 0.2) is 24.8 Å². The van der Waals surface area contributed by atoms with Gasteiger partial charge in [0.2, 0.25) is 0 Å². The van der Waals surface area contributed by atoms with Gasteiger partial charge in [0, 0.05) is 12.1 Å². The Bertz CT molecular complexity index is 484. The van der Waals surface area contributed by atoms with Crippen LogP contribution < -0.4 is 10.5 Å². The van der Waals surface area contributed by atoms with Crippen LogP contribution in [0.4, 0.5) is 10.1 Å². The lowest BCUT2D eigenvalue weighted by molar-refractivity contribution is 0.321. The average molecular weight is 222 g/mol. The van der Waals surface area contributed by atoms with Crippen molar-refractivity contribution in [3.05, 3.63) is 30.6 Å². The van der Waals surface area contributed by atoms with Crippen molar-refractivity contribution in [2.24, 2.45) is 0 Å². The molecule has 1 aromatic heterocycles. The van der Waals surface area contributed by atoms with Crippen LogP contribution in [0.2, 0.25) is 0 Å². The Kier molecular flexibility index (Phi) is 2.72. The largest absolute Gasteiger partial charge is 0.491 e. The first-order valence-corrected chi connectivity index (χ1v) is 4.79. The van der Waals surface area contributed by atoms with Gasteiger partial charge in [-0.15, -0.1) is 0 Å². The van der Waals surface area contributed by atoms with Gasteiger partial charge in [-0.1, -0.05) is 0 Å². The Balaban J connectivity index is 2.49. The van der Waals surface area contributed by atoms with E-state index in [0.717, 1.165) is 0 Å². The molecule has 84 valence electrons. The van der Waals surface area contributed by atoms with Gasteiger partial charge in [-0.3, -0.25) is 0 Å². The molecule has 16 heavy (non-hydrogen) atoms. The van der Waals surface area contributed by atoms with Gasteiger partial charge in [-0.05, 0) is 6.92 Å². The lowest BCUT2D eigenvalue weighted by Crippen LogP contribution is -2.03. The summed E-state index contributed by atoms with van der Waals surface area (Å²) < 4.78 is 20.0. The Morgan fingerprint density at radius 1 is 1.50 bits per heavy atom. The maximum absolute atomic E-state index is 13.4. The fourth-order valence-corrected chi connectivity index (χ4v) is 1.36. The number of halogens is 1. The lowest BCUT2D eigenvalue weighted by Gasteiger charge is -2.09. The number of hydrogen-bond acceptors (Lipinski definition) is 4. The lowest BCUT2D eigenvalue weighted by atomic mass is 10.2. The molecule has 0 bridgehead atoms. The fraction of sp³-hybridized carbons (Fsp3) is 0.200. The molecule has 0 aliphatic carbocycles. The predicted molar refractivity (Wildman–Crippen MR) is 56.9 cm³/mol. The fourth-order valence-electron chi connectivity index (χ4n) is 1.36. The Morgan fingerprint density at radius 2 is 2.31 bits per heavy atom. The van der Waals surface area contributed by atoms with Crippen LogP contribution >= 0.6 is 0 Å². The monoisotopic (exact) mass is 222 g/mol. The van der Waals surface area contributed by atoms with Crippen molar-refractivity contribution in [3.63, 3.8) is 0 Å². The molecule has 0 spiro atoms. The molecule has 1 aromatic carbocycles. The van der Waals surface area contributed by atoms with Crippen LogP contribution in [0.1, 0.15) is 6.92 Å². The first-order chi connectivity index (χ1) is 7.72. The van der Waals surface area contributed by atoms with E-state index in [-0.39, 0.29) is 11.4 Å². The molecule has 5 nitrogen and oxygen atoms in total. The molecular formula is C10H11FN4O. The van der Waals surface area contributed by atoms with E-state index < -0.39 is 5.82 Å². The van der Waals surface area contributed by atoms with Crippen molar-refractivity contribution >= 4 is 5.69 Å². The maximum Gasteiger partial charge on any atom is 0.167 e. The smallest absolute Gasteiger partial charge is 0.167 e. The number of nitrogens with two attached hydrogens (primary N) is 1. The number of hydrogen-bond donors (Lipinski definition) is 1. The second kappa shape index (κ2) is 4.18. The van der Waals surface area contributed by atoms with Gasteiger partial charge in [0.15, 0.2) is 11.6 Å². The van der Waals surface area contributed by atoms with E-state index in [9.17, 15) is 4.39 Å². The molecule has 0 saturated carbocycles. The first kappa shape index (κ1) is 10.4. The van der Waals surface area contributed by atoms with Crippen molar-refractivity contribution in [2.45, 2.75) is 6.92 Å².